The van der Waals surface area contributed by atoms with Gasteiger partial charge in [-0.25, -0.2) is 13.1 Å². The van der Waals surface area contributed by atoms with E-state index in [-0.39, 0.29) is 0 Å². The zero-order valence-corrected chi connectivity index (χ0v) is 14.0. The van der Waals surface area contributed by atoms with Crippen LogP contribution in [-0.2, 0) is 16.6 Å². The van der Waals surface area contributed by atoms with Crippen molar-refractivity contribution in [1.29, 1.82) is 0 Å². The van der Waals surface area contributed by atoms with Crippen LogP contribution in [0.3, 0.4) is 0 Å². The monoisotopic (exact) mass is 316 g/mol. The molecule has 21 heavy (non-hydrogen) atoms. The summed E-state index contributed by atoms with van der Waals surface area (Å²) in [5.41, 5.74) is 0.479. The lowest BCUT2D eigenvalue weighted by molar-refractivity contribution is 0.354. The van der Waals surface area contributed by atoms with Crippen LogP contribution in [0.4, 0.5) is 0 Å². The summed E-state index contributed by atoms with van der Waals surface area (Å²) in [5, 5.41) is 3.23. The van der Waals surface area contributed by atoms with E-state index in [0.29, 0.717) is 24.6 Å². The van der Waals surface area contributed by atoms with Crippen molar-refractivity contribution in [3.8, 4) is 11.5 Å². The summed E-state index contributed by atoms with van der Waals surface area (Å²) in [7, 11) is -0.0392. The van der Waals surface area contributed by atoms with Gasteiger partial charge in [-0.15, -0.1) is 0 Å². The number of ether oxygens (including phenoxy) is 2. The van der Waals surface area contributed by atoms with Crippen molar-refractivity contribution in [3.63, 3.8) is 0 Å². The van der Waals surface area contributed by atoms with Gasteiger partial charge < -0.3 is 14.8 Å². The molecule has 0 fully saturated rings. The summed E-state index contributed by atoms with van der Waals surface area (Å²) in [6.45, 7) is 4.77. The molecule has 0 saturated heterocycles. The van der Waals surface area contributed by atoms with Crippen LogP contribution in [0.5, 0.6) is 11.5 Å². The summed E-state index contributed by atoms with van der Waals surface area (Å²) in [4.78, 5) is 0. The Morgan fingerprint density at radius 2 is 1.76 bits per heavy atom. The first-order valence-electron chi connectivity index (χ1n) is 6.57. The maximum absolute atomic E-state index is 11.3. The van der Waals surface area contributed by atoms with Crippen molar-refractivity contribution in [3.05, 3.63) is 23.8 Å². The topological polar surface area (TPSA) is 76.7 Å². The SMILES string of the molecule is COc1ccc(CNCC(C)(C)NS(C)(=O)=O)cc1OC. The van der Waals surface area contributed by atoms with Gasteiger partial charge in [-0.3, -0.25) is 0 Å². The highest BCUT2D eigenvalue weighted by Crippen LogP contribution is 2.27. The largest absolute Gasteiger partial charge is 0.493 e. The minimum atomic E-state index is -3.22. The van der Waals surface area contributed by atoms with Crippen LogP contribution in [0.15, 0.2) is 18.2 Å². The van der Waals surface area contributed by atoms with Gasteiger partial charge in [0.15, 0.2) is 11.5 Å². The number of benzene rings is 1. The van der Waals surface area contributed by atoms with E-state index in [0.717, 1.165) is 11.8 Å². The Morgan fingerprint density at radius 3 is 2.29 bits per heavy atom. The quantitative estimate of drug-likeness (QED) is 0.751. The van der Waals surface area contributed by atoms with Crippen LogP contribution in [0.2, 0.25) is 0 Å². The molecular formula is C14H24N2O4S. The molecule has 6 nitrogen and oxygen atoms in total. The molecule has 0 radical (unpaired) electrons. The smallest absolute Gasteiger partial charge is 0.209 e. The molecule has 0 bridgehead atoms. The summed E-state index contributed by atoms with van der Waals surface area (Å²) < 4.78 is 35.5. The third-order valence-electron chi connectivity index (χ3n) is 2.81. The summed E-state index contributed by atoms with van der Waals surface area (Å²) in [6, 6.07) is 5.67. The molecule has 0 spiro atoms. The fraction of sp³-hybridized carbons (Fsp3) is 0.571. The van der Waals surface area contributed by atoms with Gasteiger partial charge in [0, 0.05) is 18.6 Å². The van der Waals surface area contributed by atoms with E-state index < -0.39 is 15.6 Å². The van der Waals surface area contributed by atoms with Gasteiger partial charge in [0.25, 0.3) is 0 Å². The zero-order chi connectivity index (χ0) is 16.1. The molecule has 0 aliphatic heterocycles. The molecular weight excluding hydrogens is 292 g/mol. The maximum atomic E-state index is 11.3. The molecule has 0 unspecified atom stereocenters. The zero-order valence-electron chi connectivity index (χ0n) is 13.2. The van der Waals surface area contributed by atoms with E-state index in [4.69, 9.17) is 9.47 Å². The molecule has 0 saturated carbocycles. The highest BCUT2D eigenvalue weighted by atomic mass is 32.2. The number of hydrogen-bond acceptors (Lipinski definition) is 5. The van der Waals surface area contributed by atoms with E-state index in [1.165, 1.54) is 0 Å². The molecule has 0 aliphatic rings. The molecule has 0 aromatic heterocycles. The Morgan fingerprint density at radius 1 is 1.14 bits per heavy atom. The number of methoxy groups -OCH3 is 2. The molecule has 0 amide bonds. The van der Waals surface area contributed by atoms with Gasteiger partial charge in [-0.1, -0.05) is 6.07 Å². The number of rotatable bonds is 8. The second-order valence-corrected chi connectivity index (χ2v) is 7.30. The van der Waals surface area contributed by atoms with Crippen molar-refractivity contribution < 1.29 is 17.9 Å². The van der Waals surface area contributed by atoms with Gasteiger partial charge in [-0.2, -0.15) is 0 Å². The molecule has 7 heteroatoms. The van der Waals surface area contributed by atoms with Crippen molar-refractivity contribution >= 4 is 10.0 Å². The van der Waals surface area contributed by atoms with E-state index in [1.54, 1.807) is 14.2 Å². The van der Waals surface area contributed by atoms with Gasteiger partial charge >= 0.3 is 0 Å². The average molecular weight is 316 g/mol. The van der Waals surface area contributed by atoms with Crippen LogP contribution < -0.4 is 19.5 Å². The minimum absolute atomic E-state index is 0.508. The number of nitrogens with one attached hydrogen (secondary N) is 2. The first kappa shape index (κ1) is 17.7. The normalized spacial score (nSPS) is 12.2. The van der Waals surface area contributed by atoms with E-state index in [9.17, 15) is 8.42 Å². The number of sulfonamides is 1. The Labute approximate surface area is 126 Å². The highest BCUT2D eigenvalue weighted by Gasteiger charge is 2.21. The van der Waals surface area contributed by atoms with Crippen molar-refractivity contribution in [2.45, 2.75) is 25.9 Å². The van der Waals surface area contributed by atoms with E-state index in [1.807, 2.05) is 32.0 Å². The lowest BCUT2D eigenvalue weighted by Gasteiger charge is -2.25. The first-order chi connectivity index (χ1) is 9.67. The van der Waals surface area contributed by atoms with Gasteiger partial charge in [-0.05, 0) is 31.5 Å². The van der Waals surface area contributed by atoms with Crippen molar-refractivity contribution in [1.82, 2.24) is 10.0 Å². The van der Waals surface area contributed by atoms with Crippen LogP contribution in [-0.4, -0.2) is 41.0 Å². The molecule has 1 aromatic rings. The third kappa shape index (κ3) is 6.33. The molecule has 0 atom stereocenters. The van der Waals surface area contributed by atoms with E-state index in [2.05, 4.69) is 10.0 Å². The Bertz CT molecular complexity index is 570. The Hall–Kier alpha value is -1.31. The second kappa shape index (κ2) is 7.11. The summed E-state index contributed by atoms with van der Waals surface area (Å²) in [5.74, 6) is 1.35. The molecule has 1 aromatic carbocycles. The lowest BCUT2D eigenvalue weighted by atomic mass is 10.1. The lowest BCUT2D eigenvalue weighted by Crippen LogP contribution is -2.49. The summed E-state index contributed by atoms with van der Waals surface area (Å²) in [6.07, 6.45) is 1.16. The van der Waals surface area contributed by atoms with Gasteiger partial charge in [0.05, 0.1) is 20.5 Å². The molecule has 0 aliphatic carbocycles. The predicted molar refractivity (Wildman–Crippen MR) is 83.3 cm³/mol. The van der Waals surface area contributed by atoms with E-state index >= 15 is 0 Å². The third-order valence-corrected chi connectivity index (χ3v) is 3.73. The highest BCUT2D eigenvalue weighted by molar-refractivity contribution is 7.88. The van der Waals surface area contributed by atoms with Crippen LogP contribution in [0, 0.1) is 0 Å². The molecule has 1 rings (SSSR count). The van der Waals surface area contributed by atoms with Crippen LogP contribution in [0.1, 0.15) is 19.4 Å². The molecule has 120 valence electrons. The Balaban J connectivity index is 2.60. The van der Waals surface area contributed by atoms with Crippen molar-refractivity contribution in [2.24, 2.45) is 0 Å². The molecule has 2 N–H and O–H groups in total. The van der Waals surface area contributed by atoms with Crippen LogP contribution >= 0.6 is 0 Å². The molecule has 0 heterocycles. The maximum Gasteiger partial charge on any atom is 0.209 e. The first-order valence-corrected chi connectivity index (χ1v) is 8.46. The standard InChI is InChI=1S/C14H24N2O4S/c1-14(2,16-21(5,17)18)10-15-9-11-6-7-12(19-3)13(8-11)20-4/h6-8,15-16H,9-10H2,1-5H3. The van der Waals surface area contributed by atoms with Gasteiger partial charge in [0.1, 0.15) is 0 Å². The average Bonchev–Trinajstić information content (AvgIpc) is 2.35. The van der Waals surface area contributed by atoms with Gasteiger partial charge in [0.2, 0.25) is 10.0 Å². The fourth-order valence-corrected chi connectivity index (χ4v) is 3.12. The predicted octanol–water partition coefficient (Wildman–Crippen LogP) is 1.12. The van der Waals surface area contributed by atoms with Crippen molar-refractivity contribution in [2.75, 3.05) is 27.0 Å². The minimum Gasteiger partial charge on any atom is -0.493 e. The number of hydrogen-bond donors (Lipinski definition) is 2. The van der Waals surface area contributed by atoms with Crippen LogP contribution in [0.25, 0.3) is 0 Å². The summed E-state index contributed by atoms with van der Waals surface area (Å²) >= 11 is 0. The fourth-order valence-electron chi connectivity index (χ4n) is 2.05. The second-order valence-electron chi connectivity index (χ2n) is 5.55. The Kier molecular flexibility index (Phi) is 6.00.